The summed E-state index contributed by atoms with van der Waals surface area (Å²) in [6, 6.07) is 85.6. The SMILES string of the molecule is CC(=O)C=C(C)O.CC(=O)C=C(C)O.CC(=O)C=C(C)O.I.II.[Ir+3].[Ir].[c-]1ccnc2c1c1nc3ccccc3n1c1cccc(C3CCCCC3)c21.[c-]1ccnc2c1c1nc3ccccc3n1c1cccc(C3CCCCC3)c21.[c-]1ccnc2c1c1nc3ccccc3n1c1cccc(C3CCCCC3)c21.c1ccc2c(c1)nc1c3ccccc3c3c(C4CCCCC4)cccc3n21. The molecule has 3 N–H and O–H groups in total. The van der Waals surface area contributed by atoms with Gasteiger partial charge in [-0.25, -0.2) is 4.98 Å². The smallest absolute Gasteiger partial charge is 0.512 e. The Bertz CT molecular complexity index is 6880. The van der Waals surface area contributed by atoms with Crippen LogP contribution in [0.3, 0.4) is 0 Å². The number of halogens is 3. The number of rotatable bonds is 7. The molecule has 17 nitrogen and oxygen atoms in total. The van der Waals surface area contributed by atoms with Crippen molar-refractivity contribution in [1.82, 2.24) is 52.5 Å². The number of para-hydroxylation sites is 8. The number of hydrogen-bond acceptors (Lipinski definition) is 13. The van der Waals surface area contributed by atoms with Crippen molar-refractivity contribution < 1.29 is 69.9 Å². The van der Waals surface area contributed by atoms with Crippen LogP contribution in [0.25, 0.3) is 154 Å². The normalized spacial score (nSPS) is 14.7. The number of fused-ring (bicyclic) bond motifs is 32. The number of carbonyl (C=O) groups is 3. The van der Waals surface area contributed by atoms with Crippen molar-refractivity contribution in [3.8, 4) is 0 Å². The van der Waals surface area contributed by atoms with Gasteiger partial charge >= 0.3 is 20.1 Å². The first kappa shape index (κ1) is 99.4. The molecular formula is C112H107I3Ir2N11O6. The number of nitrogens with zero attached hydrogens (tertiary/aromatic N) is 11. The molecule has 1 radical (unpaired) electrons. The first-order valence-corrected chi connectivity index (χ1v) is 52.3. The van der Waals surface area contributed by atoms with E-state index in [1.165, 1.54) is 270 Å². The quantitative estimate of drug-likeness (QED) is 0.0445. The fourth-order valence-electron chi connectivity index (χ4n) is 20.8. The standard InChI is InChI=1S/C25H22N2.3C24H20N3.3C5H8O2.I2.HI.2Ir/c1-2-9-17(10-3-1)18-13-8-16-23-24(18)19-11-4-5-12-20(19)25-26-21-14-6-7-15-22(21)27(23)25;3*1-2-8-16(9-3-1)17-10-6-14-21-22(17)23-18(11-7-15-25-23)24-26-19-12-4-5-13-20(19)27(21)24;3*1-4(6)3-5(2)7;1-2;;;/h4-8,11-17H,1-3,9-10H2;3*4-7,10,12-16H,1-3,8-9H2;3*3,6H,1-2H3;;1H;;/q;3*-1;;;;;;;+3. The number of carbonyl (C=O) groups excluding carboxylic acids is 3. The van der Waals surface area contributed by atoms with Crippen molar-refractivity contribution >= 4 is 232 Å². The van der Waals surface area contributed by atoms with Crippen molar-refractivity contribution in [1.29, 1.82) is 0 Å². The van der Waals surface area contributed by atoms with Crippen LogP contribution in [0, 0.1) is 18.2 Å². The van der Waals surface area contributed by atoms with Gasteiger partial charge in [0.25, 0.3) is 0 Å². The molecule has 0 bridgehead atoms. The predicted octanol–water partition coefficient (Wildman–Crippen LogP) is 30.4. The molecule has 24 rings (SSSR count). The monoisotopic (exact) mass is 2470 g/mol. The van der Waals surface area contributed by atoms with E-state index in [0.29, 0.717) is 23.7 Å². The molecule has 9 aromatic carbocycles. The summed E-state index contributed by atoms with van der Waals surface area (Å²) in [6.45, 7) is 8.54. The molecule has 0 atom stereocenters. The van der Waals surface area contributed by atoms with Crippen LogP contribution in [0.5, 0.6) is 0 Å². The van der Waals surface area contributed by atoms with Gasteiger partial charge < -0.3 is 43.5 Å². The summed E-state index contributed by atoms with van der Waals surface area (Å²) in [6.07, 6.45) is 35.5. The minimum atomic E-state index is -0.125. The van der Waals surface area contributed by atoms with E-state index in [2.05, 4.69) is 267 Å². The molecule has 0 unspecified atom stereocenters. The van der Waals surface area contributed by atoms with Gasteiger partial charge in [0.15, 0.2) is 17.3 Å². The van der Waals surface area contributed by atoms with Gasteiger partial charge in [0.2, 0.25) is 0 Å². The summed E-state index contributed by atoms with van der Waals surface area (Å²) >= 11 is 4.24. The van der Waals surface area contributed by atoms with Crippen LogP contribution in [-0.2, 0) is 54.6 Å². The number of hydrogen-bond donors (Lipinski definition) is 3. The zero-order valence-electron chi connectivity index (χ0n) is 75.9. The fraction of sp³-hybridized carbons (Fsp3) is 0.268. The maximum Gasteiger partial charge on any atom is 3.00 e. The minimum Gasteiger partial charge on any atom is -0.512 e. The Morgan fingerprint density at radius 1 is 0.313 bits per heavy atom. The Hall–Kier alpha value is -10.6. The predicted molar refractivity (Wildman–Crippen MR) is 569 cm³/mol. The van der Waals surface area contributed by atoms with Crippen molar-refractivity contribution in [2.75, 3.05) is 0 Å². The third kappa shape index (κ3) is 21.0. The third-order valence-corrected chi connectivity index (χ3v) is 26.0. The van der Waals surface area contributed by atoms with E-state index in [1.807, 2.05) is 36.8 Å². The van der Waals surface area contributed by atoms with Gasteiger partial charge in [-0.15, -0.1) is 60.4 Å². The Morgan fingerprint density at radius 3 is 0.813 bits per heavy atom. The van der Waals surface area contributed by atoms with Gasteiger partial charge in [-0.05, 0) is 250 Å². The average molecular weight is 2470 g/mol. The van der Waals surface area contributed by atoms with Gasteiger partial charge in [-0.2, -0.15) is 0 Å². The van der Waals surface area contributed by atoms with Crippen molar-refractivity contribution in [2.24, 2.45) is 0 Å². The van der Waals surface area contributed by atoms with Crippen LogP contribution in [-0.4, -0.2) is 85.2 Å². The fourth-order valence-corrected chi connectivity index (χ4v) is 20.8. The Morgan fingerprint density at radius 2 is 0.545 bits per heavy atom. The summed E-state index contributed by atoms with van der Waals surface area (Å²) in [7, 11) is 0. The molecule has 11 heterocycles. The van der Waals surface area contributed by atoms with E-state index < -0.39 is 0 Å². The summed E-state index contributed by atoms with van der Waals surface area (Å²) < 4.78 is 9.28. The van der Waals surface area contributed by atoms with Crippen molar-refractivity contribution in [3.05, 3.63) is 307 Å². The second-order valence-corrected chi connectivity index (χ2v) is 35.0. The molecule has 685 valence electrons. The molecule has 22 heteroatoms. The molecule has 0 saturated heterocycles. The molecule has 0 spiro atoms. The topological polar surface area (TPSA) is 220 Å². The van der Waals surface area contributed by atoms with E-state index in [9.17, 15) is 14.4 Å². The minimum absolute atomic E-state index is 0. The van der Waals surface area contributed by atoms with Crippen LogP contribution in [0.4, 0.5) is 0 Å². The second-order valence-electron chi connectivity index (χ2n) is 35.0. The van der Waals surface area contributed by atoms with E-state index in [4.69, 9.17) is 50.2 Å². The Kier molecular flexibility index (Phi) is 34.0. The van der Waals surface area contributed by atoms with Crippen molar-refractivity contribution in [2.45, 2.75) is 194 Å². The zero-order valence-corrected chi connectivity index (χ0v) is 87.4. The average Bonchev–Trinajstić information content (AvgIpc) is 1.53. The number of benzene rings is 9. The summed E-state index contributed by atoms with van der Waals surface area (Å²) in [5.41, 5.74) is 26.6. The number of ketones is 3. The second kappa shape index (κ2) is 45.8. The number of aliphatic hydroxyl groups is 3. The molecule has 134 heavy (non-hydrogen) atoms. The van der Waals surface area contributed by atoms with Gasteiger partial charge in [0, 0.05) is 103 Å². The van der Waals surface area contributed by atoms with E-state index in [1.54, 1.807) is 0 Å². The third-order valence-electron chi connectivity index (χ3n) is 26.0. The van der Waals surface area contributed by atoms with Gasteiger partial charge in [0.1, 0.15) is 5.65 Å². The van der Waals surface area contributed by atoms with E-state index in [-0.39, 0.29) is 98.8 Å². The molecule has 11 aromatic heterocycles. The molecule has 0 amide bonds. The molecule has 0 aliphatic heterocycles. The number of aliphatic hydroxyl groups excluding tert-OH is 3. The van der Waals surface area contributed by atoms with Gasteiger partial charge in [-0.1, -0.05) is 233 Å². The summed E-state index contributed by atoms with van der Waals surface area (Å²) in [5.74, 6) is 2.37. The molecular weight excluding hydrogens is 2360 g/mol. The van der Waals surface area contributed by atoms with Gasteiger partial charge in [0.05, 0.1) is 83.9 Å². The Balaban J connectivity index is 0.000000132. The van der Waals surface area contributed by atoms with Crippen LogP contribution < -0.4 is 0 Å². The number of pyridine rings is 7. The zero-order chi connectivity index (χ0) is 90.8. The molecule has 4 fully saturated rings. The number of allylic oxidation sites excluding steroid dienone is 6. The first-order valence-electron chi connectivity index (χ1n) is 46.0. The first-order chi connectivity index (χ1) is 64.0. The van der Waals surface area contributed by atoms with Crippen LogP contribution in [0.15, 0.2) is 266 Å². The molecule has 4 aliphatic rings. The Labute approximate surface area is 847 Å². The van der Waals surface area contributed by atoms with Crippen LogP contribution >= 0.6 is 61.2 Å². The van der Waals surface area contributed by atoms with Crippen LogP contribution in [0.1, 0.15) is 216 Å². The van der Waals surface area contributed by atoms with E-state index >= 15 is 0 Å². The largest absolute Gasteiger partial charge is 3.00 e. The number of aromatic nitrogens is 11. The maximum atomic E-state index is 10.0. The van der Waals surface area contributed by atoms with Crippen molar-refractivity contribution in [3.63, 3.8) is 0 Å². The molecule has 4 saturated carbocycles. The van der Waals surface area contributed by atoms with Gasteiger partial charge in [-0.3, -0.25) is 33.7 Å². The summed E-state index contributed by atoms with van der Waals surface area (Å²) in [4.78, 5) is 64.2. The molecule has 4 aliphatic carbocycles. The molecule has 20 aromatic rings. The number of imidazole rings is 4. The summed E-state index contributed by atoms with van der Waals surface area (Å²) in [5, 5.41) is 36.0. The van der Waals surface area contributed by atoms with E-state index in [0.717, 1.165) is 93.9 Å². The maximum absolute atomic E-state index is 10.0. The van der Waals surface area contributed by atoms with Crippen LogP contribution in [0.2, 0.25) is 0 Å².